The molecule has 0 aliphatic heterocycles. The first kappa shape index (κ1) is 25.7. The fourth-order valence-corrected chi connectivity index (χ4v) is 5.92. The first-order chi connectivity index (χ1) is 15.1. The average Bonchev–Trinajstić information content (AvgIpc) is 3.27. The smallest absolute Gasteiger partial charge is 0.259 e. The van der Waals surface area contributed by atoms with E-state index in [1.807, 2.05) is 10.8 Å². The van der Waals surface area contributed by atoms with Gasteiger partial charge in [-0.05, 0) is 37.0 Å². The molecule has 0 unspecified atom stereocenters. The van der Waals surface area contributed by atoms with E-state index in [2.05, 4.69) is 4.98 Å². The number of benzene rings is 1. The Labute approximate surface area is 191 Å². The van der Waals surface area contributed by atoms with Crippen LogP contribution in [-0.4, -0.2) is 36.7 Å². The third kappa shape index (κ3) is 5.23. The molecular weight excluding hydrogens is 452 g/mol. The van der Waals surface area contributed by atoms with Gasteiger partial charge in [-0.15, -0.1) is 11.3 Å². The summed E-state index contributed by atoms with van der Waals surface area (Å²) in [5.41, 5.74) is 4.89. The molecule has 2 atom stereocenters. The van der Waals surface area contributed by atoms with Gasteiger partial charge in [0.05, 0.1) is 5.92 Å². The topological polar surface area (TPSA) is 151 Å². The largest absolute Gasteiger partial charge is 0.293 e. The molecule has 32 heavy (non-hydrogen) atoms. The lowest BCUT2D eigenvalue weighted by atomic mass is 9.81. The number of hydrogen-bond acceptors (Lipinski definition) is 8. The highest BCUT2D eigenvalue weighted by Gasteiger charge is 2.50. The Morgan fingerprint density at radius 1 is 1.38 bits per heavy atom. The lowest BCUT2D eigenvalue weighted by Crippen LogP contribution is -2.52. The van der Waals surface area contributed by atoms with Gasteiger partial charge in [-0.1, -0.05) is 43.2 Å². The van der Waals surface area contributed by atoms with Gasteiger partial charge in [0.1, 0.15) is 5.01 Å². The van der Waals surface area contributed by atoms with Gasteiger partial charge in [0, 0.05) is 17.8 Å². The molecule has 5 N–H and O–H groups in total. The Kier molecular flexibility index (Phi) is 8.67. The summed E-state index contributed by atoms with van der Waals surface area (Å²) >= 11 is 1.42. The molecule has 2 rings (SSSR count). The number of allylic oxidation sites excluding steroid dienone is 1. The van der Waals surface area contributed by atoms with Crippen LogP contribution in [0.3, 0.4) is 0 Å². The minimum absolute atomic E-state index is 0.0344. The fraction of sp³-hybridized carbons (Fsp3) is 0.381. The number of amides is 2. The number of thiazole rings is 1. The fourth-order valence-electron chi connectivity index (χ4n) is 3.81. The number of sulfone groups is 1. The number of rotatable bonds is 10. The Balaban J connectivity index is 2.74. The van der Waals surface area contributed by atoms with Crippen LogP contribution in [0.15, 0.2) is 35.9 Å². The van der Waals surface area contributed by atoms with Gasteiger partial charge in [0.2, 0.25) is 0 Å². The van der Waals surface area contributed by atoms with Crippen molar-refractivity contribution >= 4 is 39.1 Å². The number of nitrogens with two attached hydrogens (primary N) is 1. The van der Waals surface area contributed by atoms with Gasteiger partial charge in [-0.3, -0.25) is 20.2 Å². The lowest BCUT2D eigenvalue weighted by Gasteiger charge is -2.33. The summed E-state index contributed by atoms with van der Waals surface area (Å²) in [6, 6.07) is 4.88. The van der Waals surface area contributed by atoms with E-state index in [-0.39, 0.29) is 18.4 Å². The standard InChI is InChI=1S/C21H28N4O5S2/c1-4-10-21(20(27)24-22,32(3,29)30)17-9-8-14(2)13-16(17)15(19(26)25-28)6-5-7-18-23-11-12-31-18/h5,7-9,11-13,15,28H,4,6,10,22H2,1-3H3,(H,24,27)(H,25,26)/b7-5+/t15-,21+/m0/s1. The summed E-state index contributed by atoms with van der Waals surface area (Å²) in [6.45, 7) is 3.55. The molecule has 0 bridgehead atoms. The summed E-state index contributed by atoms with van der Waals surface area (Å²) in [6.07, 6.45) is 6.55. The second-order valence-electron chi connectivity index (χ2n) is 7.45. The van der Waals surface area contributed by atoms with E-state index in [1.165, 1.54) is 11.3 Å². The number of carbonyl (C=O) groups is 2. The van der Waals surface area contributed by atoms with Gasteiger partial charge >= 0.3 is 0 Å². The highest BCUT2D eigenvalue weighted by molar-refractivity contribution is 7.92. The Bertz CT molecular complexity index is 1080. The number of carbonyl (C=O) groups excluding carboxylic acids is 2. The average molecular weight is 481 g/mol. The minimum Gasteiger partial charge on any atom is -0.293 e. The first-order valence-electron chi connectivity index (χ1n) is 9.94. The van der Waals surface area contributed by atoms with Crippen LogP contribution in [-0.2, 0) is 24.2 Å². The molecule has 0 saturated heterocycles. The van der Waals surface area contributed by atoms with Crippen molar-refractivity contribution in [1.82, 2.24) is 15.9 Å². The van der Waals surface area contributed by atoms with E-state index in [0.717, 1.165) is 16.8 Å². The molecule has 1 heterocycles. The summed E-state index contributed by atoms with van der Waals surface area (Å²) < 4.78 is 24.1. The van der Waals surface area contributed by atoms with Crippen molar-refractivity contribution < 1.29 is 23.2 Å². The zero-order valence-electron chi connectivity index (χ0n) is 18.2. The van der Waals surface area contributed by atoms with Gasteiger partial charge in [0.25, 0.3) is 11.8 Å². The normalized spacial score (nSPS) is 14.7. The van der Waals surface area contributed by atoms with Crippen molar-refractivity contribution in [2.45, 2.75) is 43.8 Å². The third-order valence-electron chi connectivity index (χ3n) is 5.26. The number of nitrogens with one attached hydrogen (secondary N) is 2. The van der Waals surface area contributed by atoms with Crippen molar-refractivity contribution in [1.29, 1.82) is 0 Å². The van der Waals surface area contributed by atoms with Crippen molar-refractivity contribution in [3.05, 3.63) is 57.6 Å². The van der Waals surface area contributed by atoms with Gasteiger partial charge in [-0.25, -0.2) is 24.7 Å². The zero-order valence-corrected chi connectivity index (χ0v) is 19.8. The van der Waals surface area contributed by atoms with Crippen LogP contribution in [0, 0.1) is 6.92 Å². The van der Waals surface area contributed by atoms with Crippen LogP contribution in [0.4, 0.5) is 0 Å². The third-order valence-corrected chi connectivity index (χ3v) is 7.88. The second-order valence-corrected chi connectivity index (χ2v) is 10.6. The minimum atomic E-state index is -4.02. The molecule has 0 fully saturated rings. The number of aromatic nitrogens is 1. The van der Waals surface area contributed by atoms with E-state index < -0.39 is 32.3 Å². The quantitative estimate of drug-likeness (QED) is 0.176. The molecule has 0 saturated carbocycles. The predicted octanol–water partition coefficient (Wildman–Crippen LogP) is 2.17. The van der Waals surface area contributed by atoms with Crippen LogP contribution in [0.5, 0.6) is 0 Å². The number of hydrazine groups is 1. The van der Waals surface area contributed by atoms with Gasteiger partial charge < -0.3 is 0 Å². The molecule has 0 spiro atoms. The number of hydrogen-bond donors (Lipinski definition) is 4. The highest BCUT2D eigenvalue weighted by Crippen LogP contribution is 2.41. The molecular formula is C21H28N4O5S2. The van der Waals surface area contributed by atoms with Crippen molar-refractivity contribution in [2.24, 2.45) is 5.84 Å². The summed E-state index contributed by atoms with van der Waals surface area (Å²) in [5.74, 6) is 2.83. The summed E-state index contributed by atoms with van der Waals surface area (Å²) in [5, 5.41) is 11.9. The van der Waals surface area contributed by atoms with Gasteiger partial charge in [0.15, 0.2) is 14.6 Å². The van der Waals surface area contributed by atoms with E-state index in [1.54, 1.807) is 55.9 Å². The first-order valence-corrected chi connectivity index (χ1v) is 12.7. The van der Waals surface area contributed by atoms with E-state index in [4.69, 9.17) is 5.84 Å². The van der Waals surface area contributed by atoms with E-state index in [9.17, 15) is 23.2 Å². The lowest BCUT2D eigenvalue weighted by molar-refractivity contribution is -0.131. The molecule has 174 valence electrons. The molecule has 9 nitrogen and oxygen atoms in total. The Hall–Kier alpha value is -2.60. The van der Waals surface area contributed by atoms with Crippen LogP contribution >= 0.6 is 11.3 Å². The second kappa shape index (κ2) is 10.8. The molecule has 2 amide bonds. The van der Waals surface area contributed by atoms with Crippen molar-refractivity contribution in [3.63, 3.8) is 0 Å². The molecule has 11 heteroatoms. The molecule has 0 aliphatic carbocycles. The molecule has 1 aromatic heterocycles. The van der Waals surface area contributed by atoms with Crippen LogP contribution in [0.25, 0.3) is 6.08 Å². The van der Waals surface area contributed by atoms with E-state index >= 15 is 0 Å². The maximum absolute atomic E-state index is 13.0. The molecule has 0 radical (unpaired) electrons. The van der Waals surface area contributed by atoms with Crippen molar-refractivity contribution in [3.8, 4) is 0 Å². The SMILES string of the molecule is CCC[C@](C(=O)NN)(c1ccc(C)cc1[C@H](C/C=C/c1nccs1)C(=O)NO)S(C)(=O)=O. The van der Waals surface area contributed by atoms with Crippen LogP contribution in [0.2, 0.25) is 0 Å². The molecule has 0 aliphatic rings. The number of aryl methyl sites for hydroxylation is 1. The highest BCUT2D eigenvalue weighted by atomic mass is 32.2. The number of nitrogens with zero attached hydrogens (tertiary/aromatic N) is 1. The zero-order chi connectivity index (χ0) is 23.9. The predicted molar refractivity (Wildman–Crippen MR) is 123 cm³/mol. The Morgan fingerprint density at radius 3 is 2.62 bits per heavy atom. The number of hydroxylamine groups is 1. The molecule has 1 aromatic carbocycles. The monoisotopic (exact) mass is 480 g/mol. The van der Waals surface area contributed by atoms with Crippen molar-refractivity contribution in [2.75, 3.05) is 6.26 Å². The summed E-state index contributed by atoms with van der Waals surface area (Å²) in [4.78, 5) is 29.8. The summed E-state index contributed by atoms with van der Waals surface area (Å²) in [7, 11) is -4.02. The van der Waals surface area contributed by atoms with Gasteiger partial charge in [-0.2, -0.15) is 0 Å². The van der Waals surface area contributed by atoms with E-state index in [0.29, 0.717) is 12.0 Å². The Morgan fingerprint density at radius 2 is 2.09 bits per heavy atom. The molecule has 2 aromatic rings. The van der Waals surface area contributed by atoms with Crippen LogP contribution < -0.4 is 16.7 Å². The maximum Gasteiger partial charge on any atom is 0.259 e. The van der Waals surface area contributed by atoms with Crippen LogP contribution in [0.1, 0.15) is 53.8 Å². The maximum atomic E-state index is 13.0.